The average molecular weight is 552 g/mol. The van der Waals surface area contributed by atoms with Crippen molar-refractivity contribution in [1.82, 2.24) is 10.4 Å². The van der Waals surface area contributed by atoms with Crippen LogP contribution in [0.4, 0.5) is 5.69 Å². The van der Waals surface area contributed by atoms with Gasteiger partial charge in [0.15, 0.2) is 11.5 Å². The summed E-state index contributed by atoms with van der Waals surface area (Å²) in [5.74, 6) is 1.06. The minimum atomic E-state index is -0.627. The molecule has 2 aliphatic rings. The number of hydrogen-bond acceptors (Lipinski definition) is 6. The number of anilines is 1. The maximum absolute atomic E-state index is 13.6. The number of hydrazine groups is 1. The summed E-state index contributed by atoms with van der Waals surface area (Å²) < 4.78 is 17.3. The fourth-order valence-electron chi connectivity index (χ4n) is 4.13. The smallest absolute Gasteiger partial charge is 0.276 e. The van der Waals surface area contributed by atoms with Crippen LogP contribution in [0.5, 0.6) is 17.2 Å². The number of rotatable bonds is 8. The molecular weight excluding hydrogens is 526 g/mol. The van der Waals surface area contributed by atoms with Crippen LogP contribution in [0.3, 0.4) is 0 Å². The molecular formula is C27H26BrN3O5. The highest BCUT2D eigenvalue weighted by atomic mass is 79.9. The fourth-order valence-corrected chi connectivity index (χ4v) is 4.49. The van der Waals surface area contributed by atoms with Gasteiger partial charge in [0.05, 0.1) is 12.2 Å². The SMILES string of the molecule is CCCCCOc1ccc([C@H]2Nc3ccc(Br)cc3C(=O)N2NC(=O)c2ccc3c(c2)OCO3)cc1. The van der Waals surface area contributed by atoms with Crippen LogP contribution in [0, 0.1) is 0 Å². The van der Waals surface area contributed by atoms with Crippen molar-refractivity contribution < 1.29 is 23.8 Å². The number of unbranched alkanes of at least 4 members (excludes halogenated alkanes) is 2. The highest BCUT2D eigenvalue weighted by molar-refractivity contribution is 9.10. The molecule has 0 fully saturated rings. The largest absolute Gasteiger partial charge is 0.494 e. The molecule has 186 valence electrons. The predicted molar refractivity (Wildman–Crippen MR) is 138 cm³/mol. The first-order valence-corrected chi connectivity index (χ1v) is 12.7. The van der Waals surface area contributed by atoms with Crippen LogP contribution in [0.15, 0.2) is 65.1 Å². The summed E-state index contributed by atoms with van der Waals surface area (Å²) in [7, 11) is 0. The first-order chi connectivity index (χ1) is 17.5. The Morgan fingerprint density at radius 2 is 1.89 bits per heavy atom. The number of halogens is 1. The summed E-state index contributed by atoms with van der Waals surface area (Å²) in [6.45, 7) is 2.93. The van der Waals surface area contributed by atoms with E-state index < -0.39 is 12.1 Å². The van der Waals surface area contributed by atoms with Crippen molar-refractivity contribution >= 4 is 33.4 Å². The van der Waals surface area contributed by atoms with Gasteiger partial charge in [0.1, 0.15) is 11.9 Å². The van der Waals surface area contributed by atoms with E-state index in [1.807, 2.05) is 36.4 Å². The Morgan fingerprint density at radius 3 is 2.69 bits per heavy atom. The van der Waals surface area contributed by atoms with Gasteiger partial charge in [-0.05, 0) is 60.5 Å². The molecule has 0 saturated carbocycles. The van der Waals surface area contributed by atoms with Crippen molar-refractivity contribution in [3.05, 3.63) is 81.8 Å². The molecule has 0 spiro atoms. The number of carbonyl (C=O) groups is 2. The average Bonchev–Trinajstić information content (AvgIpc) is 3.37. The molecule has 5 rings (SSSR count). The zero-order valence-electron chi connectivity index (χ0n) is 19.8. The van der Waals surface area contributed by atoms with E-state index >= 15 is 0 Å². The number of ether oxygens (including phenoxy) is 3. The summed E-state index contributed by atoms with van der Waals surface area (Å²) in [5, 5.41) is 4.70. The third-order valence-corrected chi connectivity index (χ3v) is 6.54. The highest BCUT2D eigenvalue weighted by Gasteiger charge is 2.35. The van der Waals surface area contributed by atoms with Crippen LogP contribution in [0.2, 0.25) is 0 Å². The normalized spacial score (nSPS) is 15.8. The lowest BCUT2D eigenvalue weighted by atomic mass is 10.0. The van der Waals surface area contributed by atoms with Gasteiger partial charge in [-0.1, -0.05) is 47.8 Å². The van der Waals surface area contributed by atoms with E-state index in [4.69, 9.17) is 14.2 Å². The summed E-state index contributed by atoms with van der Waals surface area (Å²) in [6, 6.07) is 17.9. The molecule has 0 radical (unpaired) electrons. The van der Waals surface area contributed by atoms with Gasteiger partial charge in [-0.25, -0.2) is 5.01 Å². The van der Waals surface area contributed by atoms with E-state index in [2.05, 4.69) is 33.6 Å². The number of amides is 2. The van der Waals surface area contributed by atoms with Gasteiger partial charge in [0.25, 0.3) is 11.8 Å². The molecule has 2 aliphatic heterocycles. The van der Waals surface area contributed by atoms with E-state index in [1.54, 1.807) is 24.3 Å². The van der Waals surface area contributed by atoms with Gasteiger partial charge >= 0.3 is 0 Å². The molecule has 3 aromatic rings. The van der Waals surface area contributed by atoms with Crippen molar-refractivity contribution in [2.24, 2.45) is 0 Å². The second-order valence-corrected chi connectivity index (χ2v) is 9.46. The maximum atomic E-state index is 13.6. The van der Waals surface area contributed by atoms with E-state index in [-0.39, 0.29) is 12.7 Å². The van der Waals surface area contributed by atoms with E-state index in [9.17, 15) is 9.59 Å². The molecule has 9 heteroatoms. The van der Waals surface area contributed by atoms with Crippen LogP contribution in [0.25, 0.3) is 0 Å². The molecule has 0 bridgehead atoms. The van der Waals surface area contributed by atoms with Crippen LogP contribution >= 0.6 is 15.9 Å². The van der Waals surface area contributed by atoms with Crippen LogP contribution < -0.4 is 25.0 Å². The van der Waals surface area contributed by atoms with Gasteiger partial charge < -0.3 is 19.5 Å². The molecule has 0 saturated heterocycles. The Labute approximate surface area is 217 Å². The monoisotopic (exact) mass is 551 g/mol. The molecule has 0 unspecified atom stereocenters. The second kappa shape index (κ2) is 10.5. The Kier molecular flexibility index (Phi) is 6.99. The number of fused-ring (bicyclic) bond motifs is 2. The quantitative estimate of drug-likeness (QED) is 0.351. The van der Waals surface area contributed by atoms with Gasteiger partial charge in [0, 0.05) is 15.7 Å². The number of nitrogens with one attached hydrogen (secondary N) is 2. The van der Waals surface area contributed by atoms with Crippen molar-refractivity contribution in [2.45, 2.75) is 32.4 Å². The van der Waals surface area contributed by atoms with Crippen molar-refractivity contribution in [3.8, 4) is 17.2 Å². The summed E-state index contributed by atoms with van der Waals surface area (Å²) in [6.07, 6.45) is 2.64. The molecule has 0 aliphatic carbocycles. The number of benzene rings is 3. The van der Waals surface area contributed by atoms with Crippen molar-refractivity contribution in [1.29, 1.82) is 0 Å². The van der Waals surface area contributed by atoms with E-state index in [0.717, 1.165) is 35.0 Å². The van der Waals surface area contributed by atoms with Gasteiger partial charge in [-0.15, -0.1) is 0 Å². The molecule has 1 atom stereocenters. The zero-order chi connectivity index (χ0) is 25.1. The minimum absolute atomic E-state index is 0.112. The van der Waals surface area contributed by atoms with Crippen molar-refractivity contribution in [2.75, 3.05) is 18.7 Å². The lowest BCUT2D eigenvalue weighted by Gasteiger charge is -2.38. The topological polar surface area (TPSA) is 89.1 Å². The lowest BCUT2D eigenvalue weighted by Crippen LogP contribution is -2.52. The Bertz CT molecular complexity index is 1280. The standard InChI is InChI=1S/C27H26BrN3O5/c1-2-3-4-13-34-20-9-5-17(6-10-20)25-29-22-11-8-19(28)15-21(22)27(33)31(25)30-26(32)18-7-12-23-24(14-18)36-16-35-23/h5-12,14-15,25,29H,2-4,13,16H2,1H3,(H,30,32)/t25-/m0/s1. The maximum Gasteiger partial charge on any atom is 0.276 e. The third kappa shape index (κ3) is 4.97. The molecule has 3 aromatic carbocycles. The summed E-state index contributed by atoms with van der Waals surface area (Å²) >= 11 is 3.43. The molecule has 36 heavy (non-hydrogen) atoms. The second-order valence-electron chi connectivity index (χ2n) is 8.55. The van der Waals surface area contributed by atoms with E-state index in [0.29, 0.717) is 34.9 Å². The third-order valence-electron chi connectivity index (χ3n) is 6.05. The fraction of sp³-hybridized carbons (Fsp3) is 0.259. The molecule has 2 amide bonds. The van der Waals surface area contributed by atoms with Crippen LogP contribution in [-0.4, -0.2) is 30.2 Å². The summed E-state index contributed by atoms with van der Waals surface area (Å²) in [5.41, 5.74) is 5.06. The highest BCUT2D eigenvalue weighted by Crippen LogP contribution is 2.35. The first kappa shape index (κ1) is 24.0. The van der Waals surface area contributed by atoms with Crippen LogP contribution in [0.1, 0.15) is 58.6 Å². The Hall–Kier alpha value is -3.72. The molecule has 2 heterocycles. The first-order valence-electron chi connectivity index (χ1n) is 11.9. The number of carbonyl (C=O) groups excluding carboxylic acids is 2. The van der Waals surface area contributed by atoms with Gasteiger partial charge in [0.2, 0.25) is 6.79 Å². The zero-order valence-corrected chi connectivity index (χ0v) is 21.3. The van der Waals surface area contributed by atoms with Gasteiger partial charge in [-0.3, -0.25) is 15.0 Å². The Balaban J connectivity index is 1.40. The van der Waals surface area contributed by atoms with E-state index in [1.165, 1.54) is 5.01 Å². The number of hydrogen-bond donors (Lipinski definition) is 2. The lowest BCUT2D eigenvalue weighted by molar-refractivity contribution is 0.0490. The van der Waals surface area contributed by atoms with Crippen molar-refractivity contribution in [3.63, 3.8) is 0 Å². The number of nitrogens with zero attached hydrogens (tertiary/aromatic N) is 1. The predicted octanol–water partition coefficient (Wildman–Crippen LogP) is 5.66. The minimum Gasteiger partial charge on any atom is -0.494 e. The Morgan fingerprint density at radius 1 is 1.08 bits per heavy atom. The molecule has 0 aromatic heterocycles. The molecule has 8 nitrogen and oxygen atoms in total. The summed E-state index contributed by atoms with van der Waals surface area (Å²) in [4.78, 5) is 26.7. The molecule has 2 N–H and O–H groups in total. The van der Waals surface area contributed by atoms with Gasteiger partial charge in [-0.2, -0.15) is 0 Å². The van der Waals surface area contributed by atoms with Crippen LogP contribution in [-0.2, 0) is 0 Å².